The fraction of sp³-hybridized carbons (Fsp3) is 0.333. The molecule has 0 aliphatic heterocycles. The molecule has 2 rings (SSSR count). The number of aliphatic hydroxyl groups is 1. The van der Waals surface area contributed by atoms with E-state index in [1.807, 2.05) is 24.3 Å². The van der Waals surface area contributed by atoms with Gasteiger partial charge in [-0.3, -0.25) is 0 Å². The van der Waals surface area contributed by atoms with E-state index in [4.69, 9.17) is 0 Å². The van der Waals surface area contributed by atoms with E-state index in [2.05, 4.69) is 27.7 Å². The quantitative estimate of drug-likeness (QED) is 0.847. The molecule has 1 heterocycles. The first-order chi connectivity index (χ1) is 8.50. The summed E-state index contributed by atoms with van der Waals surface area (Å²) in [7, 11) is 0. The van der Waals surface area contributed by atoms with Crippen LogP contribution < -0.4 is 5.69 Å². The molecule has 0 amide bonds. The van der Waals surface area contributed by atoms with Crippen LogP contribution in [0.15, 0.2) is 35.4 Å². The lowest BCUT2D eigenvalue weighted by Crippen LogP contribution is -2.31. The van der Waals surface area contributed by atoms with Gasteiger partial charge in [0.05, 0.1) is 17.8 Å². The van der Waals surface area contributed by atoms with E-state index in [9.17, 15) is 9.90 Å². The first-order valence-electron chi connectivity index (χ1n) is 5.61. The maximum atomic E-state index is 12.2. The lowest BCUT2D eigenvalue weighted by Gasteiger charge is -2.13. The largest absolute Gasteiger partial charge is 0.391 e. The van der Waals surface area contributed by atoms with Crippen LogP contribution in [0.4, 0.5) is 0 Å². The first-order valence-corrected chi connectivity index (χ1v) is 6.68. The Hall–Kier alpha value is -1.15. The molecular weight excluding hydrogens is 345 g/mol. The average Bonchev–Trinajstić information content (AvgIpc) is 2.71. The molecule has 1 aromatic carbocycles. The number of nitrogens with zero attached hydrogens (tertiary/aromatic N) is 3. The monoisotopic (exact) mass is 359 g/mol. The van der Waals surface area contributed by atoms with E-state index in [0.29, 0.717) is 0 Å². The van der Waals surface area contributed by atoms with Gasteiger partial charge in [0, 0.05) is 3.57 Å². The van der Waals surface area contributed by atoms with E-state index in [1.54, 1.807) is 13.8 Å². The molecule has 18 heavy (non-hydrogen) atoms. The van der Waals surface area contributed by atoms with Crippen LogP contribution >= 0.6 is 22.6 Å². The Bertz CT molecular complexity index is 586. The van der Waals surface area contributed by atoms with Gasteiger partial charge in [-0.25, -0.2) is 14.0 Å². The smallest absolute Gasteiger partial charge is 0.350 e. The van der Waals surface area contributed by atoms with Gasteiger partial charge in [-0.1, -0.05) is 0 Å². The molecule has 0 aliphatic rings. The van der Waals surface area contributed by atoms with Gasteiger partial charge in [0.15, 0.2) is 0 Å². The van der Waals surface area contributed by atoms with E-state index in [1.165, 1.54) is 15.6 Å². The minimum atomic E-state index is -0.622. The van der Waals surface area contributed by atoms with E-state index >= 15 is 0 Å². The topological polar surface area (TPSA) is 60.0 Å². The Morgan fingerprint density at radius 1 is 1.28 bits per heavy atom. The van der Waals surface area contributed by atoms with Crippen molar-refractivity contribution < 1.29 is 5.11 Å². The van der Waals surface area contributed by atoms with Crippen LogP contribution in [0.5, 0.6) is 0 Å². The van der Waals surface area contributed by atoms with E-state index in [-0.39, 0.29) is 11.7 Å². The summed E-state index contributed by atoms with van der Waals surface area (Å²) >= 11 is 2.21. The number of rotatable bonds is 3. The molecule has 0 spiro atoms. The first kappa shape index (κ1) is 13.3. The zero-order valence-corrected chi connectivity index (χ0v) is 12.3. The lowest BCUT2D eigenvalue weighted by atomic mass is 10.2. The molecular formula is C12H14IN3O2. The predicted molar refractivity (Wildman–Crippen MR) is 76.9 cm³/mol. The Morgan fingerprint density at radius 2 is 1.89 bits per heavy atom. The van der Waals surface area contributed by atoms with Gasteiger partial charge < -0.3 is 5.11 Å². The van der Waals surface area contributed by atoms with Crippen LogP contribution in [0.1, 0.15) is 19.9 Å². The highest BCUT2D eigenvalue weighted by Gasteiger charge is 2.16. The maximum Gasteiger partial charge on any atom is 0.350 e. The molecule has 0 saturated heterocycles. The summed E-state index contributed by atoms with van der Waals surface area (Å²) < 4.78 is 3.87. The summed E-state index contributed by atoms with van der Waals surface area (Å²) in [5, 5.41) is 13.5. The summed E-state index contributed by atoms with van der Waals surface area (Å²) in [5.74, 6) is 0. The molecule has 0 saturated carbocycles. The van der Waals surface area contributed by atoms with Crippen molar-refractivity contribution in [1.29, 1.82) is 0 Å². The van der Waals surface area contributed by atoms with Crippen molar-refractivity contribution in [1.82, 2.24) is 14.3 Å². The summed E-state index contributed by atoms with van der Waals surface area (Å²) in [6, 6.07) is 7.24. The van der Waals surface area contributed by atoms with Crippen LogP contribution in [-0.4, -0.2) is 25.6 Å². The second-order valence-corrected chi connectivity index (χ2v) is 5.43. The number of aliphatic hydroxyl groups excluding tert-OH is 1. The fourth-order valence-corrected chi connectivity index (χ4v) is 1.94. The van der Waals surface area contributed by atoms with Gasteiger partial charge in [0.1, 0.15) is 6.33 Å². The molecule has 0 radical (unpaired) electrons. The Kier molecular flexibility index (Phi) is 3.86. The third-order valence-corrected chi connectivity index (χ3v) is 3.60. The fourth-order valence-electron chi connectivity index (χ4n) is 1.58. The highest BCUT2D eigenvalue weighted by atomic mass is 127. The number of hydrogen-bond acceptors (Lipinski definition) is 3. The molecule has 2 atom stereocenters. The number of hydrogen-bond donors (Lipinski definition) is 1. The second-order valence-electron chi connectivity index (χ2n) is 4.19. The lowest BCUT2D eigenvalue weighted by molar-refractivity contribution is 0.130. The highest BCUT2D eigenvalue weighted by Crippen LogP contribution is 2.11. The predicted octanol–water partition coefficient (Wildman–Crippen LogP) is 1.58. The third-order valence-electron chi connectivity index (χ3n) is 2.88. The van der Waals surface area contributed by atoms with Crippen LogP contribution in [0.2, 0.25) is 0 Å². The van der Waals surface area contributed by atoms with Gasteiger partial charge in [0.2, 0.25) is 0 Å². The number of aromatic nitrogens is 3. The number of benzene rings is 1. The number of halogens is 1. The Morgan fingerprint density at radius 3 is 2.44 bits per heavy atom. The molecule has 6 heteroatoms. The average molecular weight is 359 g/mol. The van der Waals surface area contributed by atoms with E-state index in [0.717, 1.165) is 9.26 Å². The molecule has 1 aromatic heterocycles. The van der Waals surface area contributed by atoms with Crippen LogP contribution in [0.25, 0.3) is 5.69 Å². The van der Waals surface area contributed by atoms with Gasteiger partial charge in [-0.2, -0.15) is 5.10 Å². The van der Waals surface area contributed by atoms with Crippen molar-refractivity contribution in [3.8, 4) is 5.69 Å². The molecule has 1 N–H and O–H groups in total. The van der Waals surface area contributed by atoms with Crippen LogP contribution in [0.3, 0.4) is 0 Å². The molecule has 0 aliphatic carbocycles. The normalized spacial score (nSPS) is 14.4. The van der Waals surface area contributed by atoms with Gasteiger partial charge >= 0.3 is 5.69 Å². The van der Waals surface area contributed by atoms with Gasteiger partial charge in [-0.15, -0.1) is 0 Å². The van der Waals surface area contributed by atoms with E-state index < -0.39 is 6.10 Å². The molecule has 0 unspecified atom stereocenters. The second kappa shape index (κ2) is 5.23. The molecule has 5 nitrogen and oxygen atoms in total. The summed E-state index contributed by atoms with van der Waals surface area (Å²) in [4.78, 5) is 12.2. The Labute approximate surface area is 118 Å². The van der Waals surface area contributed by atoms with Gasteiger partial charge in [0.25, 0.3) is 0 Å². The molecule has 96 valence electrons. The minimum Gasteiger partial charge on any atom is -0.391 e. The van der Waals surface area contributed by atoms with Crippen molar-refractivity contribution in [2.24, 2.45) is 0 Å². The SMILES string of the molecule is C[C@@H](O)[C@H](C)n1ncn(-c2ccc(I)cc2)c1=O. The van der Waals surface area contributed by atoms with Crippen LogP contribution in [0, 0.1) is 3.57 Å². The van der Waals surface area contributed by atoms with Crippen molar-refractivity contribution >= 4 is 22.6 Å². The maximum absolute atomic E-state index is 12.2. The zero-order chi connectivity index (χ0) is 13.3. The summed E-state index contributed by atoms with van der Waals surface area (Å²) in [6.07, 6.45) is 0.853. The van der Waals surface area contributed by atoms with Crippen molar-refractivity contribution in [3.63, 3.8) is 0 Å². The minimum absolute atomic E-state index is 0.246. The van der Waals surface area contributed by atoms with Crippen LogP contribution in [-0.2, 0) is 0 Å². The summed E-state index contributed by atoms with van der Waals surface area (Å²) in [5.41, 5.74) is 0.522. The summed E-state index contributed by atoms with van der Waals surface area (Å²) in [6.45, 7) is 3.40. The van der Waals surface area contributed by atoms with Crippen molar-refractivity contribution in [2.75, 3.05) is 0 Å². The molecule has 0 fully saturated rings. The third kappa shape index (κ3) is 2.49. The molecule has 2 aromatic rings. The zero-order valence-electron chi connectivity index (χ0n) is 10.1. The van der Waals surface area contributed by atoms with Crippen molar-refractivity contribution in [2.45, 2.75) is 26.0 Å². The highest BCUT2D eigenvalue weighted by molar-refractivity contribution is 14.1. The van der Waals surface area contributed by atoms with Crippen molar-refractivity contribution in [3.05, 3.63) is 44.6 Å². The van der Waals surface area contributed by atoms with Gasteiger partial charge in [-0.05, 0) is 60.7 Å². The standard InChI is InChI=1S/C12H14IN3O2/c1-8(9(2)17)16-12(18)15(7-14-16)11-5-3-10(13)4-6-11/h3-9,17H,1-2H3/t8-,9+/m0/s1. The Balaban J connectivity index is 2.43. The molecule has 0 bridgehead atoms.